The van der Waals surface area contributed by atoms with Crippen molar-refractivity contribution in [3.05, 3.63) is 42.5 Å². The SMILES string of the molecule is NC(=S)Nc1cccc2ccccc12.NN. The van der Waals surface area contributed by atoms with Crippen LogP contribution in [0.4, 0.5) is 5.69 Å². The Balaban J connectivity index is 0.000000606. The highest BCUT2D eigenvalue weighted by Crippen LogP contribution is 2.22. The third-order valence-corrected chi connectivity index (χ3v) is 2.15. The van der Waals surface area contributed by atoms with Crippen molar-refractivity contribution in [1.29, 1.82) is 0 Å². The van der Waals surface area contributed by atoms with E-state index in [-0.39, 0.29) is 0 Å². The van der Waals surface area contributed by atoms with E-state index in [0.29, 0.717) is 5.11 Å². The van der Waals surface area contributed by atoms with Crippen molar-refractivity contribution < 1.29 is 0 Å². The van der Waals surface area contributed by atoms with Gasteiger partial charge in [0, 0.05) is 11.1 Å². The second kappa shape index (κ2) is 6.02. The van der Waals surface area contributed by atoms with Crippen molar-refractivity contribution in [2.24, 2.45) is 17.4 Å². The van der Waals surface area contributed by atoms with Crippen LogP contribution < -0.4 is 22.7 Å². The molecule has 0 fully saturated rings. The van der Waals surface area contributed by atoms with E-state index in [1.165, 1.54) is 5.39 Å². The number of fused-ring (bicyclic) bond motifs is 1. The molecule has 0 aliphatic carbocycles. The van der Waals surface area contributed by atoms with Crippen LogP contribution in [0, 0.1) is 0 Å². The van der Waals surface area contributed by atoms with Crippen LogP contribution in [0.2, 0.25) is 0 Å². The molecule has 0 saturated carbocycles. The van der Waals surface area contributed by atoms with Crippen LogP contribution in [0.3, 0.4) is 0 Å². The molecule has 84 valence electrons. The average molecular weight is 234 g/mol. The molecule has 0 aliphatic heterocycles. The molecule has 0 amide bonds. The van der Waals surface area contributed by atoms with Gasteiger partial charge in [0.2, 0.25) is 0 Å². The maximum Gasteiger partial charge on any atom is 0.168 e. The van der Waals surface area contributed by atoms with Crippen LogP contribution in [-0.4, -0.2) is 5.11 Å². The molecule has 0 bridgehead atoms. The summed E-state index contributed by atoms with van der Waals surface area (Å²) in [6.07, 6.45) is 0. The highest BCUT2D eigenvalue weighted by Gasteiger charge is 1.99. The quantitative estimate of drug-likeness (QED) is 0.339. The number of anilines is 1. The standard InChI is InChI=1S/C11H10N2S.H4N2/c12-11(14)13-10-7-3-5-8-4-1-2-6-9(8)10;1-2/h1-7H,(H3,12,13,14);1-2H2. The third-order valence-electron chi connectivity index (χ3n) is 2.05. The van der Waals surface area contributed by atoms with Gasteiger partial charge in [-0.3, -0.25) is 11.7 Å². The van der Waals surface area contributed by atoms with Gasteiger partial charge in [-0.2, -0.15) is 0 Å². The molecule has 2 aromatic carbocycles. The second-order valence-corrected chi connectivity index (χ2v) is 3.46. The summed E-state index contributed by atoms with van der Waals surface area (Å²) in [4.78, 5) is 0. The maximum absolute atomic E-state index is 5.44. The van der Waals surface area contributed by atoms with Gasteiger partial charge in [0.15, 0.2) is 5.11 Å². The van der Waals surface area contributed by atoms with E-state index in [9.17, 15) is 0 Å². The summed E-state index contributed by atoms with van der Waals surface area (Å²) in [7, 11) is 0. The number of nitrogens with one attached hydrogen (secondary N) is 1. The molecule has 0 heterocycles. The lowest BCUT2D eigenvalue weighted by Crippen LogP contribution is -2.18. The molecule has 7 N–H and O–H groups in total. The zero-order valence-electron chi connectivity index (χ0n) is 8.68. The molecule has 16 heavy (non-hydrogen) atoms. The van der Waals surface area contributed by atoms with Crippen LogP contribution >= 0.6 is 12.2 Å². The number of thiocarbonyl (C=S) groups is 1. The molecular formula is C11H14N4S. The fourth-order valence-electron chi connectivity index (χ4n) is 1.47. The van der Waals surface area contributed by atoms with Crippen LogP contribution in [0.1, 0.15) is 0 Å². The van der Waals surface area contributed by atoms with Crippen molar-refractivity contribution in [3.63, 3.8) is 0 Å². The molecule has 2 rings (SSSR count). The van der Waals surface area contributed by atoms with Crippen molar-refractivity contribution in [3.8, 4) is 0 Å². The highest BCUT2D eigenvalue weighted by molar-refractivity contribution is 7.80. The maximum atomic E-state index is 5.44. The van der Waals surface area contributed by atoms with Gasteiger partial charge < -0.3 is 11.1 Å². The average Bonchev–Trinajstić information content (AvgIpc) is 2.31. The number of nitrogens with two attached hydrogens (primary N) is 3. The third kappa shape index (κ3) is 2.90. The number of hydrogen-bond acceptors (Lipinski definition) is 3. The summed E-state index contributed by atoms with van der Waals surface area (Å²) in [5, 5.41) is 5.55. The summed E-state index contributed by atoms with van der Waals surface area (Å²) in [5.74, 6) is 8.00. The summed E-state index contributed by atoms with van der Waals surface area (Å²) < 4.78 is 0. The minimum absolute atomic E-state index is 0.293. The molecule has 0 atom stereocenters. The Kier molecular flexibility index (Phi) is 4.65. The zero-order chi connectivity index (χ0) is 12.0. The normalized spacial score (nSPS) is 9.12. The minimum Gasteiger partial charge on any atom is -0.376 e. The second-order valence-electron chi connectivity index (χ2n) is 3.02. The molecule has 0 aliphatic rings. The predicted octanol–water partition coefficient (Wildman–Crippen LogP) is 1.31. The van der Waals surface area contributed by atoms with Gasteiger partial charge in [-0.05, 0) is 23.7 Å². The predicted molar refractivity (Wildman–Crippen MR) is 72.7 cm³/mol. The van der Waals surface area contributed by atoms with Crippen molar-refractivity contribution in [2.45, 2.75) is 0 Å². The topological polar surface area (TPSA) is 90.1 Å². The number of hydrazine groups is 1. The Morgan fingerprint density at radius 1 is 1.00 bits per heavy atom. The van der Waals surface area contributed by atoms with E-state index in [2.05, 4.69) is 29.1 Å². The Morgan fingerprint density at radius 2 is 1.62 bits per heavy atom. The molecule has 0 spiro atoms. The van der Waals surface area contributed by atoms with Gasteiger partial charge >= 0.3 is 0 Å². The summed E-state index contributed by atoms with van der Waals surface area (Å²) in [5.41, 5.74) is 6.39. The molecule has 0 unspecified atom stereocenters. The first-order chi connectivity index (χ1) is 7.77. The Labute approximate surface area is 99.4 Å². The van der Waals surface area contributed by atoms with Crippen LogP contribution in [0.25, 0.3) is 10.8 Å². The van der Waals surface area contributed by atoms with E-state index in [1.807, 2.05) is 30.3 Å². The molecular weight excluding hydrogens is 220 g/mol. The Bertz CT molecular complexity index is 479. The van der Waals surface area contributed by atoms with Gasteiger partial charge in [0.1, 0.15) is 0 Å². The van der Waals surface area contributed by atoms with E-state index < -0.39 is 0 Å². The molecule has 4 nitrogen and oxygen atoms in total. The van der Waals surface area contributed by atoms with Gasteiger partial charge in [0.05, 0.1) is 0 Å². The van der Waals surface area contributed by atoms with Gasteiger partial charge in [-0.1, -0.05) is 36.4 Å². The number of rotatable bonds is 1. The molecule has 0 radical (unpaired) electrons. The van der Waals surface area contributed by atoms with Crippen LogP contribution in [-0.2, 0) is 0 Å². The smallest absolute Gasteiger partial charge is 0.168 e. The lowest BCUT2D eigenvalue weighted by Gasteiger charge is -2.07. The van der Waals surface area contributed by atoms with Gasteiger partial charge in [-0.15, -0.1) is 0 Å². The lowest BCUT2D eigenvalue weighted by atomic mass is 10.1. The van der Waals surface area contributed by atoms with E-state index >= 15 is 0 Å². The molecule has 2 aromatic rings. The van der Waals surface area contributed by atoms with E-state index in [1.54, 1.807) is 0 Å². The first kappa shape index (κ1) is 12.4. The van der Waals surface area contributed by atoms with Crippen molar-refractivity contribution in [1.82, 2.24) is 0 Å². The zero-order valence-corrected chi connectivity index (χ0v) is 9.50. The first-order valence-corrected chi connectivity index (χ1v) is 5.06. The fraction of sp³-hybridized carbons (Fsp3) is 0. The summed E-state index contributed by atoms with van der Waals surface area (Å²) in [6, 6.07) is 14.1. The van der Waals surface area contributed by atoms with Crippen LogP contribution in [0.15, 0.2) is 42.5 Å². The van der Waals surface area contributed by atoms with E-state index in [4.69, 9.17) is 18.0 Å². The van der Waals surface area contributed by atoms with Crippen molar-refractivity contribution in [2.75, 3.05) is 5.32 Å². The number of benzene rings is 2. The van der Waals surface area contributed by atoms with Gasteiger partial charge in [-0.25, -0.2) is 0 Å². The monoisotopic (exact) mass is 234 g/mol. The Hall–Kier alpha value is -1.69. The fourth-order valence-corrected chi connectivity index (χ4v) is 1.58. The first-order valence-electron chi connectivity index (χ1n) is 4.65. The molecule has 5 heteroatoms. The Morgan fingerprint density at radius 3 is 2.31 bits per heavy atom. The number of hydrogen-bond donors (Lipinski definition) is 4. The highest BCUT2D eigenvalue weighted by atomic mass is 32.1. The lowest BCUT2D eigenvalue weighted by molar-refractivity contribution is 1.26. The largest absolute Gasteiger partial charge is 0.376 e. The molecule has 0 saturated heterocycles. The molecule has 0 aromatic heterocycles. The van der Waals surface area contributed by atoms with Gasteiger partial charge in [0.25, 0.3) is 0 Å². The van der Waals surface area contributed by atoms with Crippen LogP contribution in [0.5, 0.6) is 0 Å². The summed E-state index contributed by atoms with van der Waals surface area (Å²) in [6.45, 7) is 0. The van der Waals surface area contributed by atoms with Crippen molar-refractivity contribution >= 4 is 33.8 Å². The summed E-state index contributed by atoms with van der Waals surface area (Å²) >= 11 is 4.81. The van der Waals surface area contributed by atoms with E-state index in [0.717, 1.165) is 11.1 Å². The minimum atomic E-state index is 0.293.